The molecule has 0 aliphatic rings. The Kier molecular flexibility index (Phi) is 5.02. The fourth-order valence-electron chi connectivity index (χ4n) is 1.28. The van der Waals surface area contributed by atoms with E-state index < -0.39 is 0 Å². The monoisotopic (exact) mass is 241 g/mol. The van der Waals surface area contributed by atoms with E-state index in [9.17, 15) is 0 Å². The maximum Gasteiger partial charge on any atom is 0.133 e. The standard InChI is InChI=1S/C11H19N3OS/c1-5-9-13-10(12-4)8(3)11(14-9)16-7(2)6-15/h7,15H,5-6H2,1-4H3,(H,12,13,14). The third-order valence-electron chi connectivity index (χ3n) is 2.27. The number of anilines is 1. The Morgan fingerprint density at radius 2 is 2.12 bits per heavy atom. The van der Waals surface area contributed by atoms with Crippen molar-refractivity contribution in [2.45, 2.75) is 37.5 Å². The summed E-state index contributed by atoms with van der Waals surface area (Å²) in [4.78, 5) is 8.89. The second-order valence-corrected chi connectivity index (χ2v) is 5.06. The second kappa shape index (κ2) is 6.06. The molecule has 0 amide bonds. The van der Waals surface area contributed by atoms with Crippen LogP contribution in [0.3, 0.4) is 0 Å². The minimum Gasteiger partial charge on any atom is -0.395 e. The van der Waals surface area contributed by atoms with Gasteiger partial charge in [0.25, 0.3) is 0 Å². The fourth-order valence-corrected chi connectivity index (χ4v) is 2.17. The van der Waals surface area contributed by atoms with Crippen molar-refractivity contribution in [3.8, 4) is 0 Å². The van der Waals surface area contributed by atoms with Gasteiger partial charge >= 0.3 is 0 Å². The van der Waals surface area contributed by atoms with E-state index in [1.807, 2.05) is 27.8 Å². The Balaban J connectivity index is 3.05. The van der Waals surface area contributed by atoms with Crippen LogP contribution >= 0.6 is 11.8 Å². The van der Waals surface area contributed by atoms with Gasteiger partial charge in [0.1, 0.15) is 16.7 Å². The van der Waals surface area contributed by atoms with E-state index >= 15 is 0 Å². The minimum absolute atomic E-state index is 0.156. The average molecular weight is 241 g/mol. The van der Waals surface area contributed by atoms with Crippen molar-refractivity contribution in [2.75, 3.05) is 19.0 Å². The summed E-state index contributed by atoms with van der Waals surface area (Å²) in [5, 5.41) is 13.2. The molecule has 0 saturated carbocycles. The van der Waals surface area contributed by atoms with E-state index in [0.717, 1.165) is 28.7 Å². The third-order valence-corrected chi connectivity index (χ3v) is 3.44. The SMILES string of the molecule is CCc1nc(NC)c(C)c(SC(C)CO)n1. The first-order valence-corrected chi connectivity index (χ1v) is 6.33. The highest BCUT2D eigenvalue weighted by Gasteiger charge is 2.12. The number of aliphatic hydroxyl groups excluding tert-OH is 1. The lowest BCUT2D eigenvalue weighted by Gasteiger charge is -2.13. The maximum absolute atomic E-state index is 9.06. The molecule has 2 N–H and O–H groups in total. The van der Waals surface area contributed by atoms with Crippen LogP contribution in [0.15, 0.2) is 5.03 Å². The quantitative estimate of drug-likeness (QED) is 0.609. The summed E-state index contributed by atoms with van der Waals surface area (Å²) in [5.41, 5.74) is 1.05. The number of aryl methyl sites for hydroxylation is 1. The zero-order valence-corrected chi connectivity index (χ0v) is 11.1. The number of nitrogens with zero attached hydrogens (tertiary/aromatic N) is 2. The van der Waals surface area contributed by atoms with Gasteiger partial charge in [0, 0.05) is 24.3 Å². The number of hydrogen-bond donors (Lipinski definition) is 2. The molecule has 0 aliphatic heterocycles. The van der Waals surface area contributed by atoms with Gasteiger partial charge < -0.3 is 10.4 Å². The Morgan fingerprint density at radius 3 is 2.62 bits per heavy atom. The lowest BCUT2D eigenvalue weighted by Crippen LogP contribution is -2.08. The highest BCUT2D eigenvalue weighted by molar-refractivity contribution is 7.99. The summed E-state index contributed by atoms with van der Waals surface area (Å²) in [6, 6.07) is 0. The van der Waals surface area contributed by atoms with Crippen molar-refractivity contribution in [2.24, 2.45) is 0 Å². The van der Waals surface area contributed by atoms with Gasteiger partial charge in [-0.3, -0.25) is 0 Å². The molecule has 0 fully saturated rings. The van der Waals surface area contributed by atoms with Crippen molar-refractivity contribution in [1.82, 2.24) is 9.97 Å². The molecule has 90 valence electrons. The van der Waals surface area contributed by atoms with Crippen LogP contribution in [0.4, 0.5) is 5.82 Å². The van der Waals surface area contributed by atoms with Crippen LogP contribution in [0, 0.1) is 6.92 Å². The maximum atomic E-state index is 9.06. The number of thioether (sulfide) groups is 1. The number of hydrogen-bond acceptors (Lipinski definition) is 5. The minimum atomic E-state index is 0.156. The summed E-state index contributed by atoms with van der Waals surface area (Å²) in [7, 11) is 1.86. The molecule has 5 heteroatoms. The predicted octanol–water partition coefficient (Wildman–Crippen LogP) is 1.86. The first kappa shape index (κ1) is 13.3. The molecule has 1 aromatic rings. The lowest BCUT2D eigenvalue weighted by atomic mass is 10.3. The molecule has 1 unspecified atom stereocenters. The normalized spacial score (nSPS) is 12.6. The van der Waals surface area contributed by atoms with Crippen LogP contribution in [0.1, 0.15) is 25.2 Å². The molecule has 1 aromatic heterocycles. The van der Waals surface area contributed by atoms with Crippen molar-refractivity contribution >= 4 is 17.6 Å². The van der Waals surface area contributed by atoms with Crippen molar-refractivity contribution in [3.05, 3.63) is 11.4 Å². The molecule has 0 bridgehead atoms. The van der Waals surface area contributed by atoms with Gasteiger partial charge in [-0.25, -0.2) is 9.97 Å². The molecule has 1 rings (SSSR count). The largest absolute Gasteiger partial charge is 0.395 e. The average Bonchev–Trinajstić information content (AvgIpc) is 2.31. The summed E-state index contributed by atoms with van der Waals surface area (Å²) in [5.74, 6) is 1.71. The molecule has 0 saturated heterocycles. The molecule has 0 spiro atoms. The van der Waals surface area contributed by atoms with Crippen LogP contribution < -0.4 is 5.32 Å². The van der Waals surface area contributed by atoms with E-state index in [-0.39, 0.29) is 11.9 Å². The zero-order chi connectivity index (χ0) is 12.1. The van der Waals surface area contributed by atoms with Crippen molar-refractivity contribution in [1.29, 1.82) is 0 Å². The number of rotatable bonds is 5. The fraction of sp³-hybridized carbons (Fsp3) is 0.636. The van der Waals surface area contributed by atoms with E-state index in [4.69, 9.17) is 5.11 Å². The Bertz CT molecular complexity index is 357. The van der Waals surface area contributed by atoms with Gasteiger partial charge in [0.2, 0.25) is 0 Å². The van der Waals surface area contributed by atoms with E-state index in [2.05, 4.69) is 15.3 Å². The molecular weight excluding hydrogens is 222 g/mol. The van der Waals surface area contributed by atoms with Gasteiger partial charge in [-0.05, 0) is 6.92 Å². The van der Waals surface area contributed by atoms with E-state index in [1.54, 1.807) is 11.8 Å². The van der Waals surface area contributed by atoms with Crippen LogP contribution in [0.5, 0.6) is 0 Å². The highest BCUT2D eigenvalue weighted by atomic mass is 32.2. The molecule has 1 atom stereocenters. The number of nitrogens with one attached hydrogen (secondary N) is 1. The molecule has 1 heterocycles. The number of aromatic nitrogens is 2. The summed E-state index contributed by atoms with van der Waals surface area (Å²) >= 11 is 1.59. The highest BCUT2D eigenvalue weighted by Crippen LogP contribution is 2.27. The molecular formula is C11H19N3OS. The molecule has 16 heavy (non-hydrogen) atoms. The van der Waals surface area contributed by atoms with Crippen LogP contribution in [0.25, 0.3) is 0 Å². The Morgan fingerprint density at radius 1 is 1.44 bits per heavy atom. The third kappa shape index (κ3) is 3.09. The molecule has 0 aromatic carbocycles. The van der Waals surface area contributed by atoms with E-state index in [1.165, 1.54) is 0 Å². The van der Waals surface area contributed by atoms with Crippen LogP contribution in [-0.2, 0) is 6.42 Å². The predicted molar refractivity (Wildman–Crippen MR) is 68.1 cm³/mol. The van der Waals surface area contributed by atoms with E-state index in [0.29, 0.717) is 0 Å². The van der Waals surface area contributed by atoms with Crippen LogP contribution in [0.2, 0.25) is 0 Å². The second-order valence-electron chi connectivity index (χ2n) is 3.63. The number of aliphatic hydroxyl groups is 1. The van der Waals surface area contributed by atoms with Gasteiger partial charge in [0.05, 0.1) is 6.61 Å². The smallest absolute Gasteiger partial charge is 0.133 e. The Labute approximate surface area is 101 Å². The topological polar surface area (TPSA) is 58.0 Å². The summed E-state index contributed by atoms with van der Waals surface area (Å²) in [6.07, 6.45) is 0.816. The van der Waals surface area contributed by atoms with Crippen molar-refractivity contribution < 1.29 is 5.11 Å². The summed E-state index contributed by atoms with van der Waals surface area (Å²) < 4.78 is 0. The van der Waals surface area contributed by atoms with Gasteiger partial charge in [-0.15, -0.1) is 11.8 Å². The first-order valence-electron chi connectivity index (χ1n) is 5.45. The van der Waals surface area contributed by atoms with Gasteiger partial charge in [0.15, 0.2) is 0 Å². The van der Waals surface area contributed by atoms with Gasteiger partial charge in [-0.2, -0.15) is 0 Å². The zero-order valence-electron chi connectivity index (χ0n) is 10.2. The molecule has 0 aliphatic carbocycles. The van der Waals surface area contributed by atoms with Gasteiger partial charge in [-0.1, -0.05) is 13.8 Å². The molecule has 4 nitrogen and oxygen atoms in total. The summed E-state index contributed by atoms with van der Waals surface area (Å²) in [6.45, 7) is 6.17. The Hall–Kier alpha value is -0.810. The van der Waals surface area contributed by atoms with Crippen LogP contribution in [-0.4, -0.2) is 34.0 Å². The molecule has 0 radical (unpaired) electrons. The van der Waals surface area contributed by atoms with Crippen molar-refractivity contribution in [3.63, 3.8) is 0 Å². The first-order chi connectivity index (χ1) is 7.62. The lowest BCUT2D eigenvalue weighted by molar-refractivity contribution is 0.300.